The van der Waals surface area contributed by atoms with E-state index in [1.807, 2.05) is 61.2 Å². The van der Waals surface area contributed by atoms with Crippen molar-refractivity contribution in [3.63, 3.8) is 0 Å². The second kappa shape index (κ2) is 7.69. The van der Waals surface area contributed by atoms with Crippen molar-refractivity contribution in [3.8, 4) is 5.75 Å². The number of para-hydroxylation sites is 1. The lowest BCUT2D eigenvalue weighted by Crippen LogP contribution is -2.44. The minimum atomic E-state index is -0.511. The van der Waals surface area contributed by atoms with Gasteiger partial charge in [0.25, 0.3) is 5.91 Å². The Morgan fingerprint density at radius 1 is 1.19 bits per heavy atom. The predicted octanol–water partition coefficient (Wildman–Crippen LogP) is 5.13. The van der Waals surface area contributed by atoms with E-state index in [0.29, 0.717) is 0 Å². The highest BCUT2D eigenvalue weighted by Gasteiger charge is 2.33. The zero-order chi connectivity index (χ0) is 18.8. The van der Waals surface area contributed by atoms with Crippen LogP contribution in [0.4, 0.5) is 0 Å². The van der Waals surface area contributed by atoms with Crippen LogP contribution in [-0.4, -0.2) is 28.4 Å². The quantitative estimate of drug-likeness (QED) is 0.630. The molecule has 2 aromatic carbocycles. The van der Waals surface area contributed by atoms with E-state index in [9.17, 15) is 4.79 Å². The zero-order valence-electron chi connectivity index (χ0n) is 15.7. The van der Waals surface area contributed by atoms with E-state index >= 15 is 0 Å². The van der Waals surface area contributed by atoms with Gasteiger partial charge in [-0.05, 0) is 57.4 Å². The predicted molar refractivity (Wildman–Crippen MR) is 109 cm³/mol. The first-order valence-electron chi connectivity index (χ1n) is 9.51. The van der Waals surface area contributed by atoms with Crippen LogP contribution in [0.15, 0.2) is 48.5 Å². The first-order valence-corrected chi connectivity index (χ1v) is 10.3. The van der Waals surface area contributed by atoms with E-state index in [1.54, 1.807) is 11.3 Å². The molecular formula is C22H24N2O2S. The van der Waals surface area contributed by atoms with Crippen LogP contribution < -0.4 is 4.74 Å². The van der Waals surface area contributed by atoms with Gasteiger partial charge in [0.2, 0.25) is 0 Å². The van der Waals surface area contributed by atoms with Crippen LogP contribution in [0.1, 0.15) is 42.8 Å². The van der Waals surface area contributed by atoms with Crippen LogP contribution in [0.2, 0.25) is 0 Å². The summed E-state index contributed by atoms with van der Waals surface area (Å²) in [5.41, 5.74) is 2.19. The Kier molecular flexibility index (Phi) is 5.12. The van der Waals surface area contributed by atoms with Crippen molar-refractivity contribution in [2.45, 2.75) is 45.3 Å². The van der Waals surface area contributed by atoms with Gasteiger partial charge in [0.1, 0.15) is 10.8 Å². The lowest BCUT2D eigenvalue weighted by atomic mass is 10.0. The smallest absolute Gasteiger partial charge is 0.263 e. The number of likely N-dealkylation sites (tertiary alicyclic amines) is 1. The SMILES string of the molecule is Cc1ccc(O[C@H](C)C(=O)N2CCCC[C@H]2c2nc3ccccc3s2)cc1. The molecule has 140 valence electrons. The largest absolute Gasteiger partial charge is 0.481 e. The van der Waals surface area contributed by atoms with Crippen LogP contribution in [0.25, 0.3) is 10.2 Å². The molecule has 1 saturated heterocycles. The Morgan fingerprint density at radius 2 is 1.96 bits per heavy atom. The molecule has 1 aliphatic heterocycles. The number of nitrogens with zero attached hydrogens (tertiary/aromatic N) is 2. The molecule has 0 spiro atoms. The number of fused-ring (bicyclic) bond motifs is 1. The lowest BCUT2D eigenvalue weighted by Gasteiger charge is -2.36. The summed E-state index contributed by atoms with van der Waals surface area (Å²) in [6.45, 7) is 4.64. The molecule has 1 fully saturated rings. The van der Waals surface area contributed by atoms with Gasteiger partial charge in [0, 0.05) is 6.54 Å². The second-order valence-corrected chi connectivity index (χ2v) is 8.20. The van der Waals surface area contributed by atoms with Crippen molar-refractivity contribution >= 4 is 27.5 Å². The molecule has 5 heteroatoms. The molecule has 0 saturated carbocycles. The normalized spacial score (nSPS) is 18.4. The highest BCUT2D eigenvalue weighted by atomic mass is 32.1. The number of aryl methyl sites for hydroxylation is 1. The molecule has 0 aliphatic carbocycles. The van der Waals surface area contributed by atoms with Crippen LogP contribution >= 0.6 is 11.3 Å². The summed E-state index contributed by atoms with van der Waals surface area (Å²) < 4.78 is 7.09. The molecule has 0 unspecified atom stereocenters. The number of aromatic nitrogens is 1. The van der Waals surface area contributed by atoms with Gasteiger partial charge in [-0.25, -0.2) is 4.98 Å². The summed E-state index contributed by atoms with van der Waals surface area (Å²) in [7, 11) is 0. The zero-order valence-corrected chi connectivity index (χ0v) is 16.5. The maximum atomic E-state index is 13.1. The van der Waals surface area contributed by atoms with Gasteiger partial charge >= 0.3 is 0 Å². The van der Waals surface area contributed by atoms with Gasteiger partial charge in [-0.1, -0.05) is 29.8 Å². The van der Waals surface area contributed by atoms with Crippen molar-refractivity contribution < 1.29 is 9.53 Å². The summed E-state index contributed by atoms with van der Waals surface area (Å²) in [5.74, 6) is 0.773. The van der Waals surface area contributed by atoms with E-state index in [-0.39, 0.29) is 11.9 Å². The summed E-state index contributed by atoms with van der Waals surface area (Å²) in [6, 6.07) is 16.0. The average molecular weight is 381 g/mol. The third-order valence-electron chi connectivity index (χ3n) is 5.06. The molecule has 1 aliphatic rings. The number of benzene rings is 2. The monoisotopic (exact) mass is 380 g/mol. The Morgan fingerprint density at radius 3 is 2.74 bits per heavy atom. The van der Waals surface area contributed by atoms with E-state index in [1.165, 1.54) is 10.3 Å². The first-order chi connectivity index (χ1) is 13.1. The van der Waals surface area contributed by atoms with Crippen molar-refractivity contribution in [2.75, 3.05) is 6.54 Å². The van der Waals surface area contributed by atoms with Gasteiger partial charge in [-0.2, -0.15) is 0 Å². The third-order valence-corrected chi connectivity index (χ3v) is 6.20. The topological polar surface area (TPSA) is 42.4 Å². The number of amides is 1. The van der Waals surface area contributed by atoms with Crippen molar-refractivity contribution in [1.82, 2.24) is 9.88 Å². The highest BCUT2D eigenvalue weighted by molar-refractivity contribution is 7.18. The van der Waals surface area contributed by atoms with E-state index < -0.39 is 6.10 Å². The fraction of sp³-hybridized carbons (Fsp3) is 0.364. The fourth-order valence-electron chi connectivity index (χ4n) is 3.59. The fourth-order valence-corrected chi connectivity index (χ4v) is 4.70. The molecule has 0 N–H and O–H groups in total. The van der Waals surface area contributed by atoms with Crippen LogP contribution in [0, 0.1) is 6.92 Å². The molecule has 4 nitrogen and oxygen atoms in total. The molecular weight excluding hydrogens is 356 g/mol. The molecule has 0 radical (unpaired) electrons. The molecule has 3 aromatic rings. The minimum absolute atomic E-state index is 0.0412. The van der Waals surface area contributed by atoms with E-state index in [2.05, 4.69) is 6.07 Å². The van der Waals surface area contributed by atoms with E-state index in [0.717, 1.165) is 42.1 Å². The average Bonchev–Trinajstić information content (AvgIpc) is 3.13. The Bertz CT molecular complexity index is 902. The maximum absolute atomic E-state index is 13.1. The Hall–Kier alpha value is -2.40. The standard InChI is InChI=1S/C22H24N2O2S/c1-15-10-12-17(13-11-15)26-16(2)22(25)24-14-6-5-8-19(24)21-23-18-7-3-4-9-20(18)27-21/h3-4,7,9-13,16,19H,5-6,8,14H2,1-2H3/t16-,19+/m1/s1. The number of carbonyl (C=O) groups is 1. The number of rotatable bonds is 4. The van der Waals surface area contributed by atoms with Crippen molar-refractivity contribution in [2.24, 2.45) is 0 Å². The molecule has 1 aromatic heterocycles. The molecule has 27 heavy (non-hydrogen) atoms. The summed E-state index contributed by atoms with van der Waals surface area (Å²) in [5, 5.41) is 1.03. The highest BCUT2D eigenvalue weighted by Crippen LogP contribution is 2.36. The first kappa shape index (κ1) is 18.0. The number of ether oxygens (including phenoxy) is 1. The van der Waals surface area contributed by atoms with Gasteiger partial charge in [-0.3, -0.25) is 4.79 Å². The Labute approximate surface area is 163 Å². The van der Waals surface area contributed by atoms with Crippen LogP contribution in [0.3, 0.4) is 0 Å². The van der Waals surface area contributed by atoms with Crippen LogP contribution in [-0.2, 0) is 4.79 Å². The molecule has 1 amide bonds. The lowest BCUT2D eigenvalue weighted by molar-refractivity contribution is -0.142. The third kappa shape index (κ3) is 3.83. The number of thiazole rings is 1. The van der Waals surface area contributed by atoms with Crippen molar-refractivity contribution in [1.29, 1.82) is 0 Å². The van der Waals surface area contributed by atoms with E-state index in [4.69, 9.17) is 9.72 Å². The van der Waals surface area contributed by atoms with Gasteiger partial charge in [-0.15, -0.1) is 11.3 Å². The van der Waals surface area contributed by atoms with Crippen molar-refractivity contribution in [3.05, 3.63) is 59.1 Å². The summed E-state index contributed by atoms with van der Waals surface area (Å²) >= 11 is 1.70. The van der Waals surface area contributed by atoms with Gasteiger partial charge in [0.05, 0.1) is 16.3 Å². The number of hydrogen-bond acceptors (Lipinski definition) is 4. The molecule has 4 rings (SSSR count). The number of hydrogen-bond donors (Lipinski definition) is 0. The molecule has 2 atom stereocenters. The van der Waals surface area contributed by atoms with Gasteiger partial charge in [0.15, 0.2) is 6.10 Å². The maximum Gasteiger partial charge on any atom is 0.263 e. The second-order valence-electron chi connectivity index (χ2n) is 7.14. The summed E-state index contributed by atoms with van der Waals surface area (Å²) in [4.78, 5) is 19.9. The molecule has 0 bridgehead atoms. The number of piperidine rings is 1. The number of carbonyl (C=O) groups excluding carboxylic acids is 1. The minimum Gasteiger partial charge on any atom is -0.481 e. The van der Waals surface area contributed by atoms with Gasteiger partial charge < -0.3 is 9.64 Å². The molecule has 2 heterocycles. The Balaban J connectivity index is 1.54. The summed E-state index contributed by atoms with van der Waals surface area (Å²) in [6.07, 6.45) is 2.60. The van der Waals surface area contributed by atoms with Crippen LogP contribution in [0.5, 0.6) is 5.75 Å².